The Morgan fingerprint density at radius 1 is 1.17 bits per heavy atom. The molecular formula is C11H9N7. The second kappa shape index (κ2) is 4.15. The molecule has 0 radical (unpaired) electrons. The topological polar surface area (TPSA) is 117 Å². The third kappa shape index (κ3) is 1.74. The molecule has 0 unspecified atom stereocenters. The van der Waals surface area contributed by atoms with E-state index in [1.165, 1.54) is 4.68 Å². The van der Waals surface area contributed by atoms with Gasteiger partial charge in [0.1, 0.15) is 12.1 Å². The van der Waals surface area contributed by atoms with Crippen molar-refractivity contribution in [3.05, 3.63) is 28.8 Å². The van der Waals surface area contributed by atoms with Crippen LogP contribution in [0, 0.1) is 36.5 Å². The molecule has 0 aliphatic heterocycles. The second-order valence-electron chi connectivity index (χ2n) is 3.69. The predicted molar refractivity (Wildman–Crippen MR) is 62.5 cm³/mol. The van der Waals surface area contributed by atoms with Crippen molar-refractivity contribution in [3.8, 4) is 18.0 Å². The summed E-state index contributed by atoms with van der Waals surface area (Å²) in [5, 5.41) is 22.0. The molecule has 0 aliphatic rings. The summed E-state index contributed by atoms with van der Waals surface area (Å²) >= 11 is 0. The molecule has 2 N–H and O–H groups in total. The number of nitriles is 2. The molecule has 0 atom stereocenters. The van der Waals surface area contributed by atoms with Crippen molar-refractivity contribution in [1.82, 2.24) is 19.7 Å². The van der Waals surface area contributed by atoms with Gasteiger partial charge in [0.25, 0.3) is 0 Å². The van der Waals surface area contributed by atoms with Crippen LogP contribution in [0.3, 0.4) is 0 Å². The van der Waals surface area contributed by atoms with Crippen molar-refractivity contribution in [2.24, 2.45) is 0 Å². The van der Waals surface area contributed by atoms with E-state index < -0.39 is 0 Å². The number of hydrogen-bond donors (Lipinski definition) is 1. The first-order valence-corrected chi connectivity index (χ1v) is 5.08. The highest BCUT2D eigenvalue weighted by Crippen LogP contribution is 2.16. The number of anilines is 1. The standard InChI is InChI=1S/C11H9N7/c1-6-3-7(2)18(17-6)11-9(5-13)15-8(4-12)10(14)16-11/h3H,1-2H3,(H2,14,16). The molecule has 2 aromatic rings. The highest BCUT2D eigenvalue weighted by molar-refractivity contribution is 5.51. The van der Waals surface area contributed by atoms with Gasteiger partial charge in [-0.25, -0.2) is 14.6 Å². The minimum Gasteiger partial charge on any atom is -0.381 e. The van der Waals surface area contributed by atoms with Gasteiger partial charge < -0.3 is 5.73 Å². The first kappa shape index (κ1) is 11.6. The van der Waals surface area contributed by atoms with Gasteiger partial charge in [-0.2, -0.15) is 15.6 Å². The van der Waals surface area contributed by atoms with E-state index in [2.05, 4.69) is 15.1 Å². The summed E-state index contributed by atoms with van der Waals surface area (Å²) in [6.07, 6.45) is 0. The van der Waals surface area contributed by atoms with Crippen molar-refractivity contribution in [3.63, 3.8) is 0 Å². The van der Waals surface area contributed by atoms with Gasteiger partial charge in [-0.1, -0.05) is 0 Å². The third-order valence-electron chi connectivity index (χ3n) is 2.33. The third-order valence-corrected chi connectivity index (χ3v) is 2.33. The van der Waals surface area contributed by atoms with E-state index in [9.17, 15) is 0 Å². The number of rotatable bonds is 1. The first-order valence-electron chi connectivity index (χ1n) is 5.08. The van der Waals surface area contributed by atoms with Crippen molar-refractivity contribution < 1.29 is 0 Å². The largest absolute Gasteiger partial charge is 0.381 e. The van der Waals surface area contributed by atoms with Crippen LogP contribution >= 0.6 is 0 Å². The fourth-order valence-electron chi connectivity index (χ4n) is 1.59. The molecule has 0 aromatic carbocycles. The summed E-state index contributed by atoms with van der Waals surface area (Å²) < 4.78 is 1.48. The Morgan fingerprint density at radius 3 is 2.33 bits per heavy atom. The maximum absolute atomic E-state index is 9.04. The van der Waals surface area contributed by atoms with Gasteiger partial charge in [-0.3, -0.25) is 0 Å². The van der Waals surface area contributed by atoms with Gasteiger partial charge in [0, 0.05) is 5.69 Å². The fraction of sp³-hybridized carbons (Fsp3) is 0.182. The van der Waals surface area contributed by atoms with E-state index in [4.69, 9.17) is 16.3 Å². The first-order chi connectivity index (χ1) is 8.56. The Labute approximate surface area is 103 Å². The Morgan fingerprint density at radius 2 is 1.83 bits per heavy atom. The van der Waals surface area contributed by atoms with Gasteiger partial charge in [-0.05, 0) is 19.9 Å². The van der Waals surface area contributed by atoms with E-state index in [1.54, 1.807) is 6.07 Å². The lowest BCUT2D eigenvalue weighted by Crippen LogP contribution is -2.10. The summed E-state index contributed by atoms with van der Waals surface area (Å²) in [5.74, 6) is 0.221. The summed E-state index contributed by atoms with van der Waals surface area (Å²) in [5.41, 5.74) is 7.17. The number of nitrogens with two attached hydrogens (primary N) is 1. The van der Waals surface area contributed by atoms with Gasteiger partial charge >= 0.3 is 0 Å². The molecule has 0 spiro atoms. The van der Waals surface area contributed by atoms with E-state index in [1.807, 2.05) is 26.0 Å². The summed E-state index contributed by atoms with van der Waals surface area (Å²) in [7, 11) is 0. The maximum atomic E-state index is 9.04. The molecule has 7 nitrogen and oxygen atoms in total. The molecule has 7 heteroatoms. The minimum atomic E-state index is -0.0585. The zero-order valence-electron chi connectivity index (χ0n) is 9.84. The average Bonchev–Trinajstić information content (AvgIpc) is 2.68. The lowest BCUT2D eigenvalue weighted by molar-refractivity contribution is 0.795. The van der Waals surface area contributed by atoms with Crippen LogP contribution in [0.1, 0.15) is 22.8 Å². The van der Waals surface area contributed by atoms with Gasteiger partial charge in [0.15, 0.2) is 23.0 Å². The Balaban J connectivity index is 2.73. The molecule has 0 amide bonds. The van der Waals surface area contributed by atoms with Crippen molar-refractivity contribution in [2.75, 3.05) is 5.73 Å². The SMILES string of the molecule is Cc1cc(C)n(-c2nc(N)c(C#N)nc2C#N)n1. The van der Waals surface area contributed by atoms with E-state index in [0.29, 0.717) is 0 Å². The van der Waals surface area contributed by atoms with E-state index in [0.717, 1.165) is 11.4 Å². The number of nitrogens with zero attached hydrogens (tertiary/aromatic N) is 6. The molecule has 2 rings (SSSR count). The number of aromatic nitrogens is 4. The highest BCUT2D eigenvalue weighted by atomic mass is 15.3. The number of nitrogen functional groups attached to an aromatic ring is 1. The van der Waals surface area contributed by atoms with Crippen LogP contribution < -0.4 is 5.73 Å². The Kier molecular flexibility index (Phi) is 2.66. The molecule has 88 valence electrons. The molecule has 0 bridgehead atoms. The predicted octanol–water partition coefficient (Wildman–Crippen LogP) is 0.605. The van der Waals surface area contributed by atoms with Crippen LogP contribution in [-0.4, -0.2) is 19.7 Å². The van der Waals surface area contributed by atoms with Crippen LogP contribution in [0.25, 0.3) is 5.82 Å². The summed E-state index contributed by atoms with van der Waals surface area (Å²) in [4.78, 5) is 7.90. The summed E-state index contributed by atoms with van der Waals surface area (Å²) in [6, 6.07) is 5.52. The second-order valence-corrected chi connectivity index (χ2v) is 3.69. The van der Waals surface area contributed by atoms with Crippen molar-refractivity contribution >= 4 is 5.82 Å². The maximum Gasteiger partial charge on any atom is 0.192 e. The molecule has 0 aliphatic carbocycles. The van der Waals surface area contributed by atoms with Gasteiger partial charge in [0.2, 0.25) is 0 Å². The van der Waals surface area contributed by atoms with Gasteiger partial charge in [0.05, 0.1) is 5.69 Å². The fourth-order valence-corrected chi connectivity index (χ4v) is 1.59. The van der Waals surface area contributed by atoms with Crippen LogP contribution in [0.15, 0.2) is 6.07 Å². The Bertz CT molecular complexity index is 699. The zero-order chi connectivity index (χ0) is 13.3. The molecule has 0 fully saturated rings. The zero-order valence-corrected chi connectivity index (χ0v) is 9.84. The molecular weight excluding hydrogens is 230 g/mol. The number of hydrogen-bond acceptors (Lipinski definition) is 6. The molecule has 0 saturated carbocycles. The Hall–Kier alpha value is -2.93. The molecule has 2 aromatic heterocycles. The summed E-state index contributed by atoms with van der Waals surface area (Å²) in [6.45, 7) is 3.66. The average molecular weight is 239 g/mol. The van der Waals surface area contributed by atoms with E-state index in [-0.39, 0.29) is 23.0 Å². The molecule has 0 saturated heterocycles. The lowest BCUT2D eigenvalue weighted by Gasteiger charge is -2.06. The quantitative estimate of drug-likeness (QED) is 0.778. The highest BCUT2D eigenvalue weighted by Gasteiger charge is 2.15. The molecule has 18 heavy (non-hydrogen) atoms. The van der Waals surface area contributed by atoms with Crippen LogP contribution in [-0.2, 0) is 0 Å². The smallest absolute Gasteiger partial charge is 0.192 e. The number of aryl methyl sites for hydroxylation is 2. The molecule has 2 heterocycles. The minimum absolute atomic E-state index is 0.0148. The van der Waals surface area contributed by atoms with Crippen LogP contribution in [0.4, 0.5) is 5.82 Å². The monoisotopic (exact) mass is 239 g/mol. The van der Waals surface area contributed by atoms with Crippen molar-refractivity contribution in [2.45, 2.75) is 13.8 Å². The normalized spacial score (nSPS) is 9.78. The van der Waals surface area contributed by atoms with Crippen LogP contribution in [0.2, 0.25) is 0 Å². The van der Waals surface area contributed by atoms with E-state index >= 15 is 0 Å². The lowest BCUT2D eigenvalue weighted by atomic mass is 10.3. The van der Waals surface area contributed by atoms with Crippen molar-refractivity contribution in [1.29, 1.82) is 10.5 Å². The van der Waals surface area contributed by atoms with Gasteiger partial charge in [-0.15, -0.1) is 0 Å². The van der Waals surface area contributed by atoms with Crippen LogP contribution in [0.5, 0.6) is 0 Å².